The van der Waals surface area contributed by atoms with E-state index in [1.54, 1.807) is 23.0 Å². The Balaban J connectivity index is 1.72. The SMILES string of the molecule is O=C(NC1CCCC1)c1cn(-c2ccc(Cl)cc2)nn1. The Morgan fingerprint density at radius 1 is 1.25 bits per heavy atom. The quantitative estimate of drug-likeness (QED) is 0.945. The Hall–Kier alpha value is -1.88. The van der Waals surface area contributed by atoms with Gasteiger partial charge in [-0.25, -0.2) is 4.68 Å². The first-order valence-electron chi connectivity index (χ1n) is 6.71. The minimum atomic E-state index is -0.155. The molecule has 0 unspecified atom stereocenters. The number of carbonyl (C=O) groups is 1. The molecular formula is C14H15ClN4O. The summed E-state index contributed by atoms with van der Waals surface area (Å²) < 4.78 is 1.57. The number of rotatable bonds is 3. The molecule has 6 heteroatoms. The summed E-state index contributed by atoms with van der Waals surface area (Å²) in [5.41, 5.74) is 1.16. The lowest BCUT2D eigenvalue weighted by Crippen LogP contribution is -2.32. The molecular weight excluding hydrogens is 276 g/mol. The summed E-state index contributed by atoms with van der Waals surface area (Å²) in [6.45, 7) is 0. The van der Waals surface area contributed by atoms with E-state index in [4.69, 9.17) is 11.6 Å². The molecule has 1 aromatic carbocycles. The first kappa shape index (κ1) is 13.1. The van der Waals surface area contributed by atoms with Crippen LogP contribution in [-0.2, 0) is 0 Å². The van der Waals surface area contributed by atoms with Crippen molar-refractivity contribution in [3.05, 3.63) is 41.2 Å². The zero-order chi connectivity index (χ0) is 13.9. The van der Waals surface area contributed by atoms with Crippen molar-refractivity contribution in [1.29, 1.82) is 0 Å². The van der Waals surface area contributed by atoms with Gasteiger partial charge in [-0.15, -0.1) is 5.10 Å². The van der Waals surface area contributed by atoms with E-state index in [9.17, 15) is 4.79 Å². The summed E-state index contributed by atoms with van der Waals surface area (Å²) in [6.07, 6.45) is 6.10. The van der Waals surface area contributed by atoms with Crippen LogP contribution in [-0.4, -0.2) is 26.9 Å². The van der Waals surface area contributed by atoms with E-state index in [0.29, 0.717) is 10.7 Å². The van der Waals surface area contributed by atoms with Gasteiger partial charge >= 0.3 is 0 Å². The Morgan fingerprint density at radius 3 is 2.65 bits per heavy atom. The van der Waals surface area contributed by atoms with Crippen LogP contribution in [0, 0.1) is 0 Å². The van der Waals surface area contributed by atoms with Gasteiger partial charge in [0.15, 0.2) is 5.69 Å². The third kappa shape index (κ3) is 2.82. The lowest BCUT2D eigenvalue weighted by Gasteiger charge is -2.09. The van der Waals surface area contributed by atoms with E-state index in [0.717, 1.165) is 18.5 Å². The van der Waals surface area contributed by atoms with E-state index in [1.165, 1.54) is 12.8 Å². The minimum Gasteiger partial charge on any atom is -0.348 e. The Labute approximate surface area is 121 Å². The van der Waals surface area contributed by atoms with Crippen LogP contribution in [0.25, 0.3) is 5.69 Å². The van der Waals surface area contributed by atoms with Crippen LogP contribution in [0.1, 0.15) is 36.2 Å². The number of aromatic nitrogens is 3. The van der Waals surface area contributed by atoms with Crippen molar-refractivity contribution >= 4 is 17.5 Å². The number of nitrogens with one attached hydrogen (secondary N) is 1. The molecule has 1 aliphatic carbocycles. The number of hydrogen-bond acceptors (Lipinski definition) is 3. The summed E-state index contributed by atoms with van der Waals surface area (Å²) in [5.74, 6) is -0.155. The largest absolute Gasteiger partial charge is 0.348 e. The molecule has 2 aromatic rings. The van der Waals surface area contributed by atoms with Crippen LogP contribution in [0.4, 0.5) is 0 Å². The van der Waals surface area contributed by atoms with E-state index >= 15 is 0 Å². The van der Waals surface area contributed by atoms with Gasteiger partial charge in [-0.2, -0.15) is 0 Å². The van der Waals surface area contributed by atoms with Crippen molar-refractivity contribution in [1.82, 2.24) is 20.3 Å². The van der Waals surface area contributed by atoms with Crippen LogP contribution in [0.3, 0.4) is 0 Å². The molecule has 0 aliphatic heterocycles. The van der Waals surface area contributed by atoms with Crippen LogP contribution >= 0.6 is 11.6 Å². The first-order valence-corrected chi connectivity index (χ1v) is 7.09. The molecule has 3 rings (SSSR count). The maximum atomic E-state index is 12.1. The van der Waals surface area contributed by atoms with Gasteiger partial charge in [-0.1, -0.05) is 29.7 Å². The fraction of sp³-hybridized carbons (Fsp3) is 0.357. The predicted molar refractivity (Wildman–Crippen MR) is 76.1 cm³/mol. The molecule has 0 bridgehead atoms. The topological polar surface area (TPSA) is 59.8 Å². The molecule has 0 radical (unpaired) electrons. The smallest absolute Gasteiger partial charge is 0.273 e. The minimum absolute atomic E-state index is 0.155. The Kier molecular flexibility index (Phi) is 3.69. The van der Waals surface area contributed by atoms with Gasteiger partial charge in [0, 0.05) is 11.1 Å². The molecule has 5 nitrogen and oxygen atoms in total. The van der Waals surface area contributed by atoms with Crippen molar-refractivity contribution in [3.63, 3.8) is 0 Å². The molecule has 1 saturated carbocycles. The summed E-state index contributed by atoms with van der Waals surface area (Å²) in [7, 11) is 0. The number of nitrogens with zero attached hydrogens (tertiary/aromatic N) is 3. The van der Waals surface area contributed by atoms with E-state index in [2.05, 4.69) is 15.6 Å². The molecule has 104 valence electrons. The maximum absolute atomic E-state index is 12.1. The third-order valence-electron chi connectivity index (χ3n) is 3.51. The highest BCUT2D eigenvalue weighted by Crippen LogP contribution is 2.18. The highest BCUT2D eigenvalue weighted by atomic mass is 35.5. The van der Waals surface area contributed by atoms with Crippen LogP contribution in [0.2, 0.25) is 5.02 Å². The molecule has 0 spiro atoms. The third-order valence-corrected chi connectivity index (χ3v) is 3.76. The highest BCUT2D eigenvalue weighted by molar-refractivity contribution is 6.30. The van der Waals surface area contributed by atoms with Gasteiger partial charge in [-0.3, -0.25) is 4.79 Å². The van der Waals surface area contributed by atoms with Crippen molar-refractivity contribution in [2.24, 2.45) is 0 Å². The van der Waals surface area contributed by atoms with Crippen molar-refractivity contribution in [2.75, 3.05) is 0 Å². The number of benzene rings is 1. The normalized spacial score (nSPS) is 15.4. The number of halogens is 1. The summed E-state index contributed by atoms with van der Waals surface area (Å²) in [5, 5.41) is 11.6. The van der Waals surface area contributed by atoms with Crippen molar-refractivity contribution in [2.45, 2.75) is 31.7 Å². The van der Waals surface area contributed by atoms with Crippen LogP contribution in [0.5, 0.6) is 0 Å². The standard InChI is InChI=1S/C14H15ClN4O/c15-10-5-7-12(8-6-10)19-9-13(17-18-19)14(20)16-11-3-1-2-4-11/h5-9,11H,1-4H2,(H,16,20). The molecule has 1 N–H and O–H groups in total. The fourth-order valence-electron chi connectivity index (χ4n) is 2.42. The zero-order valence-electron chi connectivity index (χ0n) is 10.9. The summed E-state index contributed by atoms with van der Waals surface area (Å²) in [4.78, 5) is 12.1. The number of hydrogen-bond donors (Lipinski definition) is 1. The predicted octanol–water partition coefficient (Wildman–Crippen LogP) is 2.59. The summed E-state index contributed by atoms with van der Waals surface area (Å²) in [6, 6.07) is 7.49. The van der Waals surface area contributed by atoms with Crippen molar-refractivity contribution < 1.29 is 4.79 Å². The monoisotopic (exact) mass is 290 g/mol. The first-order chi connectivity index (χ1) is 9.72. The van der Waals surface area contributed by atoms with Gasteiger partial charge in [0.1, 0.15) is 0 Å². The second kappa shape index (κ2) is 5.63. The van der Waals surface area contributed by atoms with E-state index in [-0.39, 0.29) is 11.9 Å². The lowest BCUT2D eigenvalue weighted by atomic mass is 10.2. The molecule has 0 atom stereocenters. The van der Waals surface area contributed by atoms with E-state index < -0.39 is 0 Å². The Bertz CT molecular complexity index is 602. The fourth-order valence-corrected chi connectivity index (χ4v) is 2.54. The second-order valence-electron chi connectivity index (χ2n) is 4.98. The molecule has 1 fully saturated rings. The van der Waals surface area contributed by atoms with E-state index in [1.807, 2.05) is 12.1 Å². The van der Waals surface area contributed by atoms with Crippen LogP contribution < -0.4 is 5.32 Å². The number of amides is 1. The van der Waals surface area contributed by atoms with Gasteiger partial charge in [0.2, 0.25) is 0 Å². The Morgan fingerprint density at radius 2 is 1.95 bits per heavy atom. The average Bonchev–Trinajstić information content (AvgIpc) is 3.10. The molecule has 1 heterocycles. The molecule has 20 heavy (non-hydrogen) atoms. The van der Waals surface area contributed by atoms with Gasteiger partial charge < -0.3 is 5.32 Å². The van der Waals surface area contributed by atoms with Crippen molar-refractivity contribution in [3.8, 4) is 5.69 Å². The molecule has 0 saturated heterocycles. The second-order valence-corrected chi connectivity index (χ2v) is 5.42. The zero-order valence-corrected chi connectivity index (χ0v) is 11.7. The van der Waals surface area contributed by atoms with Gasteiger partial charge in [0.25, 0.3) is 5.91 Å². The molecule has 1 amide bonds. The average molecular weight is 291 g/mol. The lowest BCUT2D eigenvalue weighted by molar-refractivity contribution is 0.0932. The van der Waals surface area contributed by atoms with Gasteiger partial charge in [0.05, 0.1) is 11.9 Å². The van der Waals surface area contributed by atoms with Crippen LogP contribution in [0.15, 0.2) is 30.5 Å². The molecule has 1 aromatic heterocycles. The highest BCUT2D eigenvalue weighted by Gasteiger charge is 2.19. The molecule has 1 aliphatic rings. The summed E-state index contributed by atoms with van der Waals surface area (Å²) >= 11 is 5.84. The van der Waals surface area contributed by atoms with Gasteiger partial charge in [-0.05, 0) is 37.1 Å². The number of carbonyl (C=O) groups excluding carboxylic acids is 1. The maximum Gasteiger partial charge on any atom is 0.273 e.